The van der Waals surface area contributed by atoms with Crippen LogP contribution in [0.15, 0.2) is 24.3 Å². The van der Waals surface area contributed by atoms with Crippen LogP contribution in [0.4, 0.5) is 0 Å². The van der Waals surface area contributed by atoms with Crippen molar-refractivity contribution in [3.63, 3.8) is 0 Å². The SMILES string of the molecule is CCOC(C)(C)C(=O)Cc1nc2ccccc2n1C. The zero-order valence-electron chi connectivity index (χ0n) is 11.9. The van der Waals surface area contributed by atoms with Crippen LogP contribution in [0.25, 0.3) is 11.0 Å². The van der Waals surface area contributed by atoms with Crippen molar-refractivity contribution in [3.8, 4) is 0 Å². The summed E-state index contributed by atoms with van der Waals surface area (Å²) in [5.41, 5.74) is 1.20. The fourth-order valence-corrected chi connectivity index (χ4v) is 2.15. The second kappa shape index (κ2) is 5.13. The highest BCUT2D eigenvalue weighted by Crippen LogP contribution is 2.18. The molecule has 0 saturated carbocycles. The van der Waals surface area contributed by atoms with Crippen molar-refractivity contribution in [1.82, 2.24) is 9.55 Å². The maximum atomic E-state index is 12.3. The Bertz CT molecular complexity index is 599. The van der Waals surface area contributed by atoms with E-state index in [1.54, 1.807) is 0 Å². The number of carbonyl (C=O) groups is 1. The number of para-hydroxylation sites is 2. The van der Waals surface area contributed by atoms with Crippen LogP contribution in [0.5, 0.6) is 0 Å². The summed E-state index contributed by atoms with van der Waals surface area (Å²) in [5, 5.41) is 0. The van der Waals surface area contributed by atoms with Gasteiger partial charge < -0.3 is 9.30 Å². The summed E-state index contributed by atoms with van der Waals surface area (Å²) in [5.74, 6) is 0.826. The van der Waals surface area contributed by atoms with Crippen molar-refractivity contribution in [3.05, 3.63) is 30.1 Å². The van der Waals surface area contributed by atoms with Crippen molar-refractivity contribution in [1.29, 1.82) is 0 Å². The van der Waals surface area contributed by atoms with Crippen LogP contribution in [0.1, 0.15) is 26.6 Å². The third kappa shape index (κ3) is 2.68. The van der Waals surface area contributed by atoms with Gasteiger partial charge in [-0.2, -0.15) is 0 Å². The predicted molar refractivity (Wildman–Crippen MR) is 75.1 cm³/mol. The molecule has 0 aliphatic carbocycles. The Kier molecular flexibility index (Phi) is 3.71. The molecule has 102 valence electrons. The first-order valence-corrected chi connectivity index (χ1v) is 6.53. The van der Waals surface area contributed by atoms with Crippen LogP contribution < -0.4 is 0 Å². The smallest absolute Gasteiger partial charge is 0.171 e. The first-order valence-electron chi connectivity index (χ1n) is 6.53. The summed E-state index contributed by atoms with van der Waals surface area (Å²) in [6.45, 7) is 6.04. The van der Waals surface area contributed by atoms with E-state index in [1.165, 1.54) is 0 Å². The van der Waals surface area contributed by atoms with Crippen molar-refractivity contribution in [2.45, 2.75) is 32.8 Å². The number of nitrogens with zero attached hydrogens (tertiary/aromatic N) is 2. The van der Waals surface area contributed by atoms with Crippen molar-refractivity contribution < 1.29 is 9.53 Å². The molecule has 0 spiro atoms. The second-order valence-electron chi connectivity index (χ2n) is 5.12. The molecule has 0 aliphatic heterocycles. The van der Waals surface area contributed by atoms with Crippen LogP contribution in [0, 0.1) is 0 Å². The maximum Gasteiger partial charge on any atom is 0.171 e. The maximum absolute atomic E-state index is 12.3. The number of Topliss-reactive ketones (excluding diaryl/α,β-unsaturated/α-hetero) is 1. The van der Waals surface area contributed by atoms with Gasteiger partial charge in [-0.1, -0.05) is 12.1 Å². The molecule has 4 nitrogen and oxygen atoms in total. The zero-order valence-corrected chi connectivity index (χ0v) is 11.9. The molecule has 1 aromatic heterocycles. The van der Waals surface area contributed by atoms with Gasteiger partial charge >= 0.3 is 0 Å². The van der Waals surface area contributed by atoms with Gasteiger partial charge in [0.1, 0.15) is 11.4 Å². The molecule has 2 rings (SSSR count). The van der Waals surface area contributed by atoms with Gasteiger partial charge in [0.05, 0.1) is 17.5 Å². The molecule has 0 radical (unpaired) electrons. The highest BCUT2D eigenvalue weighted by atomic mass is 16.5. The van der Waals surface area contributed by atoms with E-state index in [1.807, 2.05) is 56.7 Å². The van der Waals surface area contributed by atoms with Gasteiger partial charge in [0.2, 0.25) is 0 Å². The Morgan fingerprint density at radius 3 is 2.68 bits per heavy atom. The highest BCUT2D eigenvalue weighted by Gasteiger charge is 2.28. The number of aryl methyl sites for hydroxylation is 1. The number of imidazole rings is 1. The molecule has 1 aromatic carbocycles. The second-order valence-corrected chi connectivity index (χ2v) is 5.12. The molecule has 1 heterocycles. The number of fused-ring (bicyclic) bond motifs is 1. The number of ether oxygens (including phenoxy) is 1. The molecule has 0 aliphatic rings. The summed E-state index contributed by atoms with van der Waals surface area (Å²) in [6, 6.07) is 7.88. The number of hydrogen-bond donors (Lipinski definition) is 0. The Labute approximate surface area is 113 Å². The summed E-state index contributed by atoms with van der Waals surface area (Å²) in [4.78, 5) is 16.8. The van der Waals surface area contributed by atoms with Crippen molar-refractivity contribution in [2.24, 2.45) is 7.05 Å². The Balaban J connectivity index is 2.27. The van der Waals surface area contributed by atoms with E-state index in [4.69, 9.17) is 4.74 Å². The number of hydrogen-bond acceptors (Lipinski definition) is 3. The number of benzene rings is 1. The fraction of sp³-hybridized carbons (Fsp3) is 0.467. The Hall–Kier alpha value is -1.68. The van der Waals surface area contributed by atoms with E-state index in [2.05, 4.69) is 4.98 Å². The molecule has 0 atom stereocenters. The van der Waals surface area contributed by atoms with E-state index >= 15 is 0 Å². The molecule has 0 fully saturated rings. The molecule has 4 heteroatoms. The van der Waals surface area contributed by atoms with Gasteiger partial charge in [-0.25, -0.2) is 4.98 Å². The van der Waals surface area contributed by atoms with E-state index in [0.717, 1.165) is 16.9 Å². The first-order chi connectivity index (χ1) is 8.95. The van der Waals surface area contributed by atoms with Crippen LogP contribution in [0.2, 0.25) is 0 Å². The van der Waals surface area contributed by atoms with Crippen LogP contribution >= 0.6 is 0 Å². The molecule has 0 bridgehead atoms. The van der Waals surface area contributed by atoms with Crippen molar-refractivity contribution in [2.75, 3.05) is 6.61 Å². The lowest BCUT2D eigenvalue weighted by Gasteiger charge is -2.22. The topological polar surface area (TPSA) is 44.1 Å². The minimum atomic E-state index is -0.757. The molecular weight excluding hydrogens is 240 g/mol. The summed E-state index contributed by atoms with van der Waals surface area (Å²) in [6.07, 6.45) is 0.290. The summed E-state index contributed by atoms with van der Waals surface area (Å²) in [7, 11) is 1.94. The van der Waals surface area contributed by atoms with Gasteiger partial charge in [0, 0.05) is 13.7 Å². The lowest BCUT2D eigenvalue weighted by Crippen LogP contribution is -2.36. The number of rotatable bonds is 5. The van der Waals surface area contributed by atoms with Gasteiger partial charge in [-0.3, -0.25) is 4.79 Å². The Morgan fingerprint density at radius 2 is 2.05 bits per heavy atom. The minimum absolute atomic E-state index is 0.0488. The largest absolute Gasteiger partial charge is 0.368 e. The molecule has 0 N–H and O–H groups in total. The van der Waals surface area contributed by atoms with Gasteiger partial charge in [0.25, 0.3) is 0 Å². The molecule has 0 unspecified atom stereocenters. The fourth-order valence-electron chi connectivity index (χ4n) is 2.15. The lowest BCUT2D eigenvalue weighted by molar-refractivity contribution is -0.139. The van der Waals surface area contributed by atoms with Gasteiger partial charge in [-0.05, 0) is 32.9 Å². The van der Waals surface area contributed by atoms with E-state index in [9.17, 15) is 4.79 Å². The average molecular weight is 260 g/mol. The molecular formula is C15H20N2O2. The highest BCUT2D eigenvalue weighted by molar-refractivity contribution is 5.88. The average Bonchev–Trinajstić information content (AvgIpc) is 2.67. The number of aromatic nitrogens is 2. The van der Waals surface area contributed by atoms with Crippen LogP contribution in [-0.4, -0.2) is 27.5 Å². The molecule has 0 amide bonds. The molecule has 0 saturated heterocycles. The third-order valence-corrected chi connectivity index (χ3v) is 3.38. The quantitative estimate of drug-likeness (QED) is 0.829. The van der Waals surface area contributed by atoms with E-state index < -0.39 is 5.60 Å². The van der Waals surface area contributed by atoms with Crippen LogP contribution in [-0.2, 0) is 23.0 Å². The van der Waals surface area contributed by atoms with E-state index in [-0.39, 0.29) is 12.2 Å². The van der Waals surface area contributed by atoms with Crippen LogP contribution in [0.3, 0.4) is 0 Å². The third-order valence-electron chi connectivity index (χ3n) is 3.38. The first kappa shape index (κ1) is 13.7. The molecule has 2 aromatic rings. The van der Waals surface area contributed by atoms with Gasteiger partial charge in [-0.15, -0.1) is 0 Å². The zero-order chi connectivity index (χ0) is 14.0. The predicted octanol–water partition coefficient (Wildman–Crippen LogP) is 2.50. The van der Waals surface area contributed by atoms with Crippen molar-refractivity contribution >= 4 is 16.8 Å². The van der Waals surface area contributed by atoms with Gasteiger partial charge in [0.15, 0.2) is 5.78 Å². The number of ketones is 1. The number of carbonyl (C=O) groups excluding carboxylic acids is 1. The lowest BCUT2D eigenvalue weighted by atomic mass is 10.0. The summed E-state index contributed by atoms with van der Waals surface area (Å²) >= 11 is 0. The minimum Gasteiger partial charge on any atom is -0.368 e. The monoisotopic (exact) mass is 260 g/mol. The molecule has 19 heavy (non-hydrogen) atoms. The van der Waals surface area contributed by atoms with E-state index in [0.29, 0.717) is 6.61 Å². The Morgan fingerprint density at radius 1 is 1.37 bits per heavy atom. The normalized spacial score (nSPS) is 12.0. The standard InChI is InChI=1S/C15H20N2O2/c1-5-19-15(2,3)13(18)10-14-16-11-8-6-7-9-12(11)17(14)4/h6-9H,5,10H2,1-4H3. The summed E-state index contributed by atoms with van der Waals surface area (Å²) < 4.78 is 7.46.